The molecule has 0 saturated carbocycles. The molecule has 0 aliphatic rings. The molecule has 100 valence electrons. The zero-order chi connectivity index (χ0) is 13.7. The molecule has 0 aromatic carbocycles. The highest BCUT2D eigenvalue weighted by Crippen LogP contribution is 2.10. The molecular formula is C12H19N3O3. The van der Waals surface area contributed by atoms with Gasteiger partial charge in [-0.1, -0.05) is 13.8 Å². The van der Waals surface area contributed by atoms with Crippen LogP contribution in [0.15, 0.2) is 12.3 Å². The number of carboxylic acids is 1. The van der Waals surface area contributed by atoms with E-state index in [0.717, 1.165) is 5.69 Å². The number of nitrogens with one attached hydrogen (secondary N) is 1. The van der Waals surface area contributed by atoms with Crippen molar-refractivity contribution in [3.8, 4) is 0 Å². The van der Waals surface area contributed by atoms with Gasteiger partial charge in [0.2, 0.25) is 5.91 Å². The Morgan fingerprint density at radius 1 is 1.44 bits per heavy atom. The van der Waals surface area contributed by atoms with Crippen LogP contribution in [0.2, 0.25) is 0 Å². The summed E-state index contributed by atoms with van der Waals surface area (Å²) in [4.78, 5) is 22.5. The van der Waals surface area contributed by atoms with Crippen molar-refractivity contribution < 1.29 is 14.7 Å². The Balaban J connectivity index is 2.38. The predicted octanol–water partition coefficient (Wildman–Crippen LogP) is 0.436. The van der Waals surface area contributed by atoms with Crippen LogP contribution in [0.5, 0.6) is 0 Å². The van der Waals surface area contributed by atoms with Crippen LogP contribution in [0, 0.1) is 11.8 Å². The maximum atomic E-state index is 11.7. The first-order chi connectivity index (χ1) is 8.43. The zero-order valence-electron chi connectivity index (χ0n) is 10.9. The standard InChI is InChI=1S/C12H19N3O3/c1-8(9(2)12(17)18)11(16)13-6-4-10-5-7-14-15(10)3/h5,7-9H,4,6H2,1-3H3,(H,13,16)(H,17,18). The fourth-order valence-electron chi connectivity index (χ4n) is 1.56. The third kappa shape index (κ3) is 3.58. The van der Waals surface area contributed by atoms with Gasteiger partial charge in [0, 0.05) is 37.8 Å². The Kier molecular flexibility index (Phi) is 4.88. The molecule has 0 aliphatic heterocycles. The topological polar surface area (TPSA) is 84.2 Å². The maximum absolute atomic E-state index is 11.7. The van der Waals surface area contributed by atoms with Gasteiger partial charge in [-0.3, -0.25) is 14.3 Å². The first kappa shape index (κ1) is 14.2. The van der Waals surface area contributed by atoms with Gasteiger partial charge in [-0.2, -0.15) is 5.10 Å². The first-order valence-corrected chi connectivity index (χ1v) is 5.91. The van der Waals surface area contributed by atoms with Crippen LogP contribution < -0.4 is 5.32 Å². The fourth-order valence-corrected chi connectivity index (χ4v) is 1.56. The van der Waals surface area contributed by atoms with Gasteiger partial charge in [0.25, 0.3) is 0 Å². The summed E-state index contributed by atoms with van der Waals surface area (Å²) in [5.74, 6) is -2.40. The van der Waals surface area contributed by atoms with Crippen LogP contribution in [0.4, 0.5) is 0 Å². The molecule has 0 spiro atoms. The SMILES string of the molecule is CC(C(=O)O)C(C)C(=O)NCCc1ccnn1C. The maximum Gasteiger partial charge on any atom is 0.307 e. The lowest BCUT2D eigenvalue weighted by Crippen LogP contribution is -2.36. The normalized spacial score (nSPS) is 13.9. The summed E-state index contributed by atoms with van der Waals surface area (Å²) in [6, 6.07) is 1.88. The highest BCUT2D eigenvalue weighted by atomic mass is 16.4. The number of aliphatic carboxylic acids is 1. The van der Waals surface area contributed by atoms with Crippen LogP contribution in [0.3, 0.4) is 0 Å². The van der Waals surface area contributed by atoms with E-state index in [1.54, 1.807) is 17.8 Å². The van der Waals surface area contributed by atoms with Crippen molar-refractivity contribution in [3.63, 3.8) is 0 Å². The third-order valence-corrected chi connectivity index (χ3v) is 3.16. The highest BCUT2D eigenvalue weighted by Gasteiger charge is 2.25. The molecule has 1 amide bonds. The molecule has 0 bridgehead atoms. The molecule has 2 N–H and O–H groups in total. The van der Waals surface area contributed by atoms with E-state index in [1.807, 2.05) is 13.1 Å². The Morgan fingerprint density at radius 2 is 2.11 bits per heavy atom. The molecule has 2 atom stereocenters. The average Bonchev–Trinajstić information content (AvgIpc) is 2.73. The van der Waals surface area contributed by atoms with Crippen molar-refractivity contribution >= 4 is 11.9 Å². The van der Waals surface area contributed by atoms with Gasteiger partial charge in [0.1, 0.15) is 0 Å². The molecule has 0 saturated heterocycles. The van der Waals surface area contributed by atoms with Crippen molar-refractivity contribution in [2.24, 2.45) is 18.9 Å². The van der Waals surface area contributed by atoms with Crippen molar-refractivity contribution in [1.29, 1.82) is 0 Å². The van der Waals surface area contributed by atoms with E-state index in [0.29, 0.717) is 13.0 Å². The summed E-state index contributed by atoms with van der Waals surface area (Å²) in [5, 5.41) is 15.6. The number of carbonyl (C=O) groups excluding carboxylic acids is 1. The Morgan fingerprint density at radius 3 is 2.61 bits per heavy atom. The van der Waals surface area contributed by atoms with E-state index in [1.165, 1.54) is 6.92 Å². The average molecular weight is 253 g/mol. The van der Waals surface area contributed by atoms with Crippen molar-refractivity contribution in [2.45, 2.75) is 20.3 Å². The van der Waals surface area contributed by atoms with Crippen molar-refractivity contribution in [3.05, 3.63) is 18.0 Å². The van der Waals surface area contributed by atoms with Gasteiger partial charge >= 0.3 is 5.97 Å². The van der Waals surface area contributed by atoms with Crippen LogP contribution in [0.1, 0.15) is 19.5 Å². The summed E-state index contributed by atoms with van der Waals surface area (Å²) in [7, 11) is 1.84. The summed E-state index contributed by atoms with van der Waals surface area (Å²) in [6.45, 7) is 3.64. The van der Waals surface area contributed by atoms with Gasteiger partial charge in [-0.15, -0.1) is 0 Å². The number of carbonyl (C=O) groups is 2. The lowest BCUT2D eigenvalue weighted by Gasteiger charge is -2.15. The van der Waals surface area contributed by atoms with Crippen LogP contribution in [-0.2, 0) is 23.1 Å². The minimum atomic E-state index is -0.954. The number of hydrogen-bond acceptors (Lipinski definition) is 3. The molecule has 6 heteroatoms. The van der Waals surface area contributed by atoms with E-state index in [2.05, 4.69) is 10.4 Å². The summed E-state index contributed by atoms with van der Waals surface area (Å²) < 4.78 is 1.75. The minimum absolute atomic E-state index is 0.230. The lowest BCUT2D eigenvalue weighted by atomic mass is 9.95. The quantitative estimate of drug-likeness (QED) is 0.770. The molecule has 18 heavy (non-hydrogen) atoms. The zero-order valence-corrected chi connectivity index (χ0v) is 10.9. The number of aromatic nitrogens is 2. The lowest BCUT2D eigenvalue weighted by molar-refractivity contribution is -0.146. The Labute approximate surface area is 106 Å². The van der Waals surface area contributed by atoms with E-state index < -0.39 is 17.8 Å². The predicted molar refractivity (Wildman–Crippen MR) is 65.9 cm³/mol. The van der Waals surface area contributed by atoms with E-state index >= 15 is 0 Å². The highest BCUT2D eigenvalue weighted by molar-refractivity contribution is 5.84. The van der Waals surface area contributed by atoms with Gasteiger partial charge < -0.3 is 10.4 Å². The van der Waals surface area contributed by atoms with Gasteiger partial charge in [-0.05, 0) is 6.07 Å². The van der Waals surface area contributed by atoms with Gasteiger partial charge in [-0.25, -0.2) is 0 Å². The molecule has 1 aromatic heterocycles. The molecule has 6 nitrogen and oxygen atoms in total. The number of carboxylic acid groups (broad SMARTS) is 1. The second-order valence-corrected chi connectivity index (χ2v) is 4.40. The van der Waals surface area contributed by atoms with E-state index in [4.69, 9.17) is 5.11 Å². The number of hydrogen-bond donors (Lipinski definition) is 2. The first-order valence-electron chi connectivity index (χ1n) is 5.91. The second-order valence-electron chi connectivity index (χ2n) is 4.40. The fraction of sp³-hybridized carbons (Fsp3) is 0.583. The number of nitrogens with zero attached hydrogens (tertiary/aromatic N) is 2. The van der Waals surface area contributed by atoms with Crippen molar-refractivity contribution in [1.82, 2.24) is 15.1 Å². The molecule has 1 rings (SSSR count). The Bertz CT molecular complexity index is 428. The molecule has 0 radical (unpaired) electrons. The smallest absolute Gasteiger partial charge is 0.307 e. The van der Waals surface area contributed by atoms with Crippen LogP contribution in [0.25, 0.3) is 0 Å². The van der Waals surface area contributed by atoms with Crippen LogP contribution in [-0.4, -0.2) is 33.3 Å². The van der Waals surface area contributed by atoms with Gasteiger partial charge in [0.05, 0.1) is 5.92 Å². The molecule has 0 aliphatic carbocycles. The summed E-state index contributed by atoms with van der Waals surface area (Å²) in [5.41, 5.74) is 1.02. The third-order valence-electron chi connectivity index (χ3n) is 3.16. The number of aryl methyl sites for hydroxylation is 1. The molecule has 2 unspecified atom stereocenters. The van der Waals surface area contributed by atoms with E-state index in [-0.39, 0.29) is 5.91 Å². The second kappa shape index (κ2) is 6.18. The molecule has 0 fully saturated rings. The molecular weight excluding hydrogens is 234 g/mol. The number of amides is 1. The molecule has 1 aromatic rings. The monoisotopic (exact) mass is 253 g/mol. The summed E-state index contributed by atoms with van der Waals surface area (Å²) >= 11 is 0. The summed E-state index contributed by atoms with van der Waals surface area (Å²) in [6.07, 6.45) is 2.38. The number of rotatable bonds is 6. The van der Waals surface area contributed by atoms with Crippen LogP contribution >= 0.6 is 0 Å². The minimum Gasteiger partial charge on any atom is -0.481 e. The largest absolute Gasteiger partial charge is 0.481 e. The molecule has 1 heterocycles. The Hall–Kier alpha value is -1.85. The van der Waals surface area contributed by atoms with Gasteiger partial charge in [0.15, 0.2) is 0 Å². The van der Waals surface area contributed by atoms with E-state index in [9.17, 15) is 9.59 Å². The van der Waals surface area contributed by atoms with Crippen molar-refractivity contribution in [2.75, 3.05) is 6.54 Å².